The molecule has 33 heavy (non-hydrogen) atoms. The number of benzene rings is 3. The predicted molar refractivity (Wildman–Crippen MR) is 137 cm³/mol. The Morgan fingerprint density at radius 2 is 1.85 bits per heavy atom. The van der Waals surface area contributed by atoms with Crippen molar-refractivity contribution in [2.24, 2.45) is 0 Å². The molecule has 0 bridgehead atoms. The minimum absolute atomic E-state index is 0.0215. The molecule has 3 aromatic rings. The van der Waals surface area contributed by atoms with Gasteiger partial charge in [-0.1, -0.05) is 46.3 Å². The number of nitriles is 1. The number of halogens is 2. The van der Waals surface area contributed by atoms with Crippen molar-refractivity contribution in [3.63, 3.8) is 0 Å². The smallest absolute Gasteiger partial charge is 0.266 e. The molecule has 1 amide bonds. The topological polar surface area (TPSA) is 71.3 Å². The Morgan fingerprint density at radius 3 is 2.55 bits per heavy atom. The van der Waals surface area contributed by atoms with E-state index < -0.39 is 5.91 Å². The number of nitrogens with zero attached hydrogens (tertiary/aromatic N) is 1. The number of hydrogen-bond donors (Lipinski definition) is 1. The van der Waals surface area contributed by atoms with Gasteiger partial charge < -0.3 is 14.8 Å². The van der Waals surface area contributed by atoms with Crippen molar-refractivity contribution in [3.05, 3.63) is 91.4 Å². The SMILES string of the molecule is COc1cc(/C=C(\C#N)C(=O)Nc2cc(C)ccc2C)cc(Br)c1OCc1ccccc1Br. The Labute approximate surface area is 210 Å². The molecule has 5 nitrogen and oxygen atoms in total. The third-order valence-electron chi connectivity index (χ3n) is 4.90. The van der Waals surface area contributed by atoms with Crippen molar-refractivity contribution in [3.8, 4) is 17.6 Å². The Morgan fingerprint density at radius 1 is 1.09 bits per heavy atom. The number of ether oxygens (including phenoxy) is 2. The molecular formula is C26H22Br2N2O3. The minimum atomic E-state index is -0.476. The molecule has 0 spiro atoms. The molecule has 0 radical (unpaired) electrons. The first-order chi connectivity index (χ1) is 15.8. The van der Waals surface area contributed by atoms with E-state index in [0.717, 1.165) is 21.2 Å². The highest BCUT2D eigenvalue weighted by atomic mass is 79.9. The summed E-state index contributed by atoms with van der Waals surface area (Å²) < 4.78 is 13.1. The number of hydrogen-bond acceptors (Lipinski definition) is 4. The molecule has 0 saturated heterocycles. The minimum Gasteiger partial charge on any atom is -0.493 e. The van der Waals surface area contributed by atoms with Gasteiger partial charge in [0.1, 0.15) is 18.2 Å². The van der Waals surface area contributed by atoms with E-state index in [2.05, 4.69) is 37.2 Å². The number of aryl methyl sites for hydroxylation is 2. The molecule has 0 fully saturated rings. The summed E-state index contributed by atoms with van der Waals surface area (Å²) in [5.41, 5.74) is 4.21. The van der Waals surface area contributed by atoms with Crippen LogP contribution < -0.4 is 14.8 Å². The van der Waals surface area contributed by atoms with Crippen LogP contribution in [0, 0.1) is 25.2 Å². The van der Waals surface area contributed by atoms with Gasteiger partial charge in [-0.15, -0.1) is 0 Å². The number of nitrogens with one attached hydrogen (secondary N) is 1. The standard InChI is InChI=1S/C26H22Br2N2O3/c1-16-8-9-17(2)23(10-16)30-26(31)20(14-29)11-18-12-22(28)25(24(13-18)32-3)33-15-19-6-4-5-7-21(19)27/h4-13H,15H2,1-3H3,(H,30,31)/b20-11+. The fraction of sp³-hybridized carbons (Fsp3) is 0.154. The van der Waals surface area contributed by atoms with Crippen molar-refractivity contribution in [2.45, 2.75) is 20.5 Å². The average molecular weight is 570 g/mol. The molecular weight excluding hydrogens is 548 g/mol. The maximum absolute atomic E-state index is 12.7. The van der Waals surface area contributed by atoms with Crippen molar-refractivity contribution in [1.82, 2.24) is 0 Å². The van der Waals surface area contributed by atoms with E-state index in [1.165, 1.54) is 6.08 Å². The summed E-state index contributed by atoms with van der Waals surface area (Å²) in [5.74, 6) is 0.536. The molecule has 0 unspecified atom stereocenters. The van der Waals surface area contributed by atoms with Crippen molar-refractivity contribution in [1.29, 1.82) is 5.26 Å². The lowest BCUT2D eigenvalue weighted by Gasteiger charge is -2.14. The Balaban J connectivity index is 1.85. The second-order valence-electron chi connectivity index (χ2n) is 7.36. The van der Waals surface area contributed by atoms with E-state index in [0.29, 0.717) is 33.8 Å². The van der Waals surface area contributed by atoms with Crippen LogP contribution in [-0.2, 0) is 11.4 Å². The summed E-state index contributed by atoms with van der Waals surface area (Å²) in [6.07, 6.45) is 1.52. The fourth-order valence-electron chi connectivity index (χ4n) is 3.10. The van der Waals surface area contributed by atoms with Gasteiger partial charge >= 0.3 is 0 Å². The number of methoxy groups -OCH3 is 1. The number of carbonyl (C=O) groups is 1. The summed E-state index contributed by atoms with van der Waals surface area (Å²) in [5, 5.41) is 12.4. The number of rotatable bonds is 7. The zero-order valence-corrected chi connectivity index (χ0v) is 21.6. The molecule has 168 valence electrons. The molecule has 0 saturated carbocycles. The van der Waals surface area contributed by atoms with Gasteiger partial charge in [0.2, 0.25) is 0 Å². The molecule has 0 atom stereocenters. The van der Waals surface area contributed by atoms with Crippen LogP contribution in [0.1, 0.15) is 22.3 Å². The van der Waals surface area contributed by atoms with Gasteiger partial charge in [-0.05, 0) is 76.8 Å². The normalized spacial score (nSPS) is 11.0. The number of anilines is 1. The van der Waals surface area contributed by atoms with Crippen molar-refractivity contribution in [2.75, 3.05) is 12.4 Å². The molecule has 3 aromatic carbocycles. The summed E-state index contributed by atoms with van der Waals surface area (Å²) >= 11 is 7.04. The molecule has 3 rings (SSSR count). The zero-order valence-electron chi connectivity index (χ0n) is 18.4. The van der Waals surface area contributed by atoms with Crippen LogP contribution in [0.4, 0.5) is 5.69 Å². The first-order valence-electron chi connectivity index (χ1n) is 10.1. The van der Waals surface area contributed by atoms with Gasteiger partial charge in [-0.25, -0.2) is 0 Å². The van der Waals surface area contributed by atoms with Gasteiger partial charge in [-0.2, -0.15) is 5.26 Å². The predicted octanol–water partition coefficient (Wildman–Crippen LogP) is 6.96. The van der Waals surface area contributed by atoms with Crippen LogP contribution in [0.3, 0.4) is 0 Å². The first kappa shape index (κ1) is 24.6. The quantitative estimate of drug-likeness (QED) is 0.246. The molecule has 7 heteroatoms. The molecule has 0 aliphatic carbocycles. The van der Waals surface area contributed by atoms with Crippen LogP contribution in [0.25, 0.3) is 6.08 Å². The Kier molecular flexibility index (Phi) is 8.32. The second-order valence-corrected chi connectivity index (χ2v) is 9.07. The number of carbonyl (C=O) groups excluding carboxylic acids is 1. The monoisotopic (exact) mass is 568 g/mol. The summed E-state index contributed by atoms with van der Waals surface area (Å²) in [7, 11) is 1.54. The van der Waals surface area contributed by atoms with E-state index in [-0.39, 0.29) is 5.57 Å². The van der Waals surface area contributed by atoms with E-state index in [9.17, 15) is 10.1 Å². The van der Waals surface area contributed by atoms with Crippen molar-refractivity contribution >= 4 is 49.5 Å². The lowest BCUT2D eigenvalue weighted by atomic mass is 10.1. The zero-order chi connectivity index (χ0) is 24.0. The average Bonchev–Trinajstić information content (AvgIpc) is 2.79. The van der Waals surface area contributed by atoms with Crippen LogP contribution >= 0.6 is 31.9 Å². The maximum Gasteiger partial charge on any atom is 0.266 e. The summed E-state index contributed by atoms with van der Waals surface area (Å²) in [4.78, 5) is 12.7. The van der Waals surface area contributed by atoms with E-state index in [4.69, 9.17) is 9.47 Å². The van der Waals surface area contributed by atoms with Gasteiger partial charge in [0.05, 0.1) is 11.6 Å². The third-order valence-corrected chi connectivity index (χ3v) is 6.26. The van der Waals surface area contributed by atoms with Crippen LogP contribution in [0.2, 0.25) is 0 Å². The van der Waals surface area contributed by atoms with Crippen molar-refractivity contribution < 1.29 is 14.3 Å². The maximum atomic E-state index is 12.7. The lowest BCUT2D eigenvalue weighted by molar-refractivity contribution is -0.112. The summed E-state index contributed by atoms with van der Waals surface area (Å²) in [6, 6.07) is 19.1. The largest absolute Gasteiger partial charge is 0.493 e. The van der Waals surface area contributed by atoms with Crippen LogP contribution in [0.5, 0.6) is 11.5 Å². The van der Waals surface area contributed by atoms with E-state index >= 15 is 0 Å². The Hall–Kier alpha value is -3.08. The van der Waals surface area contributed by atoms with Gasteiger partial charge in [0.25, 0.3) is 5.91 Å². The van der Waals surface area contributed by atoms with Crippen LogP contribution in [-0.4, -0.2) is 13.0 Å². The third kappa shape index (κ3) is 6.25. The molecule has 0 heterocycles. The highest BCUT2D eigenvalue weighted by molar-refractivity contribution is 9.10. The fourth-order valence-corrected chi connectivity index (χ4v) is 4.08. The number of amides is 1. The van der Waals surface area contributed by atoms with Crippen LogP contribution in [0.15, 0.2) is 69.1 Å². The molecule has 1 N–H and O–H groups in total. The molecule has 0 aliphatic rings. The Bertz CT molecular complexity index is 1260. The van der Waals surface area contributed by atoms with Gasteiger partial charge in [0.15, 0.2) is 11.5 Å². The van der Waals surface area contributed by atoms with E-state index in [1.807, 2.05) is 62.4 Å². The highest BCUT2D eigenvalue weighted by Gasteiger charge is 2.15. The summed E-state index contributed by atoms with van der Waals surface area (Å²) in [6.45, 7) is 4.19. The van der Waals surface area contributed by atoms with Gasteiger partial charge in [0, 0.05) is 15.7 Å². The lowest BCUT2D eigenvalue weighted by Crippen LogP contribution is -2.14. The first-order valence-corrected chi connectivity index (χ1v) is 11.6. The highest BCUT2D eigenvalue weighted by Crippen LogP contribution is 2.38. The molecule has 0 aliphatic heterocycles. The van der Waals surface area contributed by atoms with E-state index in [1.54, 1.807) is 19.2 Å². The molecule has 0 aromatic heterocycles. The second kappa shape index (κ2) is 11.2. The van der Waals surface area contributed by atoms with Gasteiger partial charge in [-0.3, -0.25) is 4.79 Å².